The molecule has 1 N–H and O–H groups in total. The maximum atomic E-state index is 12.3. The molecule has 1 atom stereocenters. The van der Waals surface area contributed by atoms with E-state index in [1.165, 1.54) is 19.1 Å². The number of amides is 1. The predicted octanol–water partition coefficient (Wildman–Crippen LogP) is 4.61. The second-order valence-electron chi connectivity index (χ2n) is 7.76. The van der Waals surface area contributed by atoms with E-state index in [9.17, 15) is 14.4 Å². The number of esters is 1. The van der Waals surface area contributed by atoms with Gasteiger partial charge in [0.2, 0.25) is 0 Å². The van der Waals surface area contributed by atoms with E-state index in [0.717, 1.165) is 18.4 Å². The summed E-state index contributed by atoms with van der Waals surface area (Å²) in [4.78, 5) is 36.0. The maximum Gasteiger partial charge on any atom is 0.408 e. The van der Waals surface area contributed by atoms with Crippen LogP contribution >= 0.6 is 11.6 Å². The van der Waals surface area contributed by atoms with Gasteiger partial charge in [0.1, 0.15) is 17.2 Å². The zero-order chi connectivity index (χ0) is 21.8. The maximum absolute atomic E-state index is 12.3. The van der Waals surface area contributed by atoms with Crippen LogP contribution in [0.5, 0.6) is 5.75 Å². The van der Waals surface area contributed by atoms with Crippen molar-refractivity contribution in [1.29, 1.82) is 0 Å². The van der Waals surface area contributed by atoms with Crippen LogP contribution in [0.15, 0.2) is 27.4 Å². The Morgan fingerprint density at radius 2 is 1.93 bits per heavy atom. The smallest absolute Gasteiger partial charge is 0.408 e. The van der Waals surface area contributed by atoms with Gasteiger partial charge in [-0.1, -0.05) is 24.9 Å². The number of benzene rings is 1. The SMILES string of the molecule is CCCCc1cc(=O)oc2cc(OC(=O)C(C)NC(=O)OC(C)(C)C)c(Cl)cc12. The van der Waals surface area contributed by atoms with Gasteiger partial charge in [-0.25, -0.2) is 14.4 Å². The zero-order valence-corrected chi connectivity index (χ0v) is 18.0. The fraction of sp³-hybridized carbons (Fsp3) is 0.476. The van der Waals surface area contributed by atoms with E-state index < -0.39 is 29.3 Å². The molecule has 0 fully saturated rings. The first kappa shape index (κ1) is 22.7. The molecular formula is C21H26ClNO6. The number of alkyl carbamates (subject to hydrolysis) is 1. The van der Waals surface area contributed by atoms with Crippen LogP contribution in [0.4, 0.5) is 4.79 Å². The Labute approximate surface area is 174 Å². The fourth-order valence-corrected chi connectivity index (χ4v) is 2.82. The molecular weight excluding hydrogens is 398 g/mol. The van der Waals surface area contributed by atoms with Gasteiger partial charge in [-0.2, -0.15) is 0 Å². The molecule has 0 radical (unpaired) electrons. The molecule has 1 aromatic carbocycles. The van der Waals surface area contributed by atoms with Gasteiger partial charge in [0.15, 0.2) is 5.75 Å². The molecule has 0 aliphatic carbocycles. The van der Waals surface area contributed by atoms with Crippen LogP contribution in [-0.4, -0.2) is 23.7 Å². The summed E-state index contributed by atoms with van der Waals surface area (Å²) in [5.41, 5.74) is -0.0629. The lowest BCUT2D eigenvalue weighted by Crippen LogP contribution is -2.43. The van der Waals surface area contributed by atoms with Gasteiger partial charge >= 0.3 is 17.7 Å². The van der Waals surface area contributed by atoms with Crippen molar-refractivity contribution in [2.75, 3.05) is 0 Å². The molecule has 1 amide bonds. The van der Waals surface area contributed by atoms with Crippen molar-refractivity contribution in [2.45, 2.75) is 65.5 Å². The number of carbonyl (C=O) groups is 2. The monoisotopic (exact) mass is 423 g/mol. The van der Waals surface area contributed by atoms with Crippen LogP contribution in [0.1, 0.15) is 53.0 Å². The van der Waals surface area contributed by atoms with Crippen molar-refractivity contribution in [2.24, 2.45) is 0 Å². The highest BCUT2D eigenvalue weighted by molar-refractivity contribution is 6.33. The summed E-state index contributed by atoms with van der Waals surface area (Å²) in [5, 5.41) is 3.30. The van der Waals surface area contributed by atoms with Crippen molar-refractivity contribution in [3.05, 3.63) is 39.2 Å². The molecule has 2 aromatic rings. The number of hydrogen-bond donors (Lipinski definition) is 1. The predicted molar refractivity (Wildman–Crippen MR) is 111 cm³/mol. The minimum atomic E-state index is -0.973. The van der Waals surface area contributed by atoms with Crippen molar-refractivity contribution < 1.29 is 23.5 Å². The summed E-state index contributed by atoms with van der Waals surface area (Å²) in [6.45, 7) is 8.67. The van der Waals surface area contributed by atoms with Crippen molar-refractivity contribution >= 4 is 34.6 Å². The quantitative estimate of drug-likeness (QED) is 0.414. The Balaban J connectivity index is 2.21. The first-order chi connectivity index (χ1) is 13.5. The summed E-state index contributed by atoms with van der Waals surface area (Å²) in [5.74, 6) is -0.695. The summed E-state index contributed by atoms with van der Waals surface area (Å²) in [6.07, 6.45) is 1.87. The van der Waals surface area contributed by atoms with Crippen LogP contribution in [-0.2, 0) is 16.0 Å². The number of hydrogen-bond acceptors (Lipinski definition) is 6. The van der Waals surface area contributed by atoms with Gasteiger partial charge in [-0.15, -0.1) is 0 Å². The highest BCUT2D eigenvalue weighted by atomic mass is 35.5. The van der Waals surface area contributed by atoms with E-state index in [1.807, 2.05) is 0 Å². The van der Waals surface area contributed by atoms with Gasteiger partial charge in [-0.3, -0.25) is 0 Å². The third kappa shape index (κ3) is 6.49. The normalized spacial score (nSPS) is 12.5. The first-order valence-corrected chi connectivity index (χ1v) is 9.85. The third-order valence-electron chi connectivity index (χ3n) is 3.98. The summed E-state index contributed by atoms with van der Waals surface area (Å²) >= 11 is 6.28. The molecule has 8 heteroatoms. The fourth-order valence-electron chi connectivity index (χ4n) is 2.62. The minimum Gasteiger partial charge on any atom is -0.444 e. The topological polar surface area (TPSA) is 94.8 Å². The highest BCUT2D eigenvalue weighted by Gasteiger charge is 2.23. The molecule has 158 valence electrons. The van der Waals surface area contributed by atoms with Crippen molar-refractivity contribution in [3.8, 4) is 5.75 Å². The summed E-state index contributed by atoms with van der Waals surface area (Å²) in [7, 11) is 0. The molecule has 0 spiro atoms. The Morgan fingerprint density at radius 1 is 1.24 bits per heavy atom. The van der Waals surface area contributed by atoms with Gasteiger partial charge < -0.3 is 19.2 Å². The Morgan fingerprint density at radius 3 is 2.55 bits per heavy atom. The second kappa shape index (κ2) is 9.31. The Hall–Kier alpha value is -2.54. The van der Waals surface area contributed by atoms with E-state index in [4.69, 9.17) is 25.5 Å². The van der Waals surface area contributed by atoms with Gasteiger partial charge in [0.25, 0.3) is 0 Å². The molecule has 29 heavy (non-hydrogen) atoms. The van der Waals surface area contributed by atoms with Crippen molar-refractivity contribution in [3.63, 3.8) is 0 Å². The molecule has 2 rings (SSSR count). The lowest BCUT2D eigenvalue weighted by molar-refractivity contribution is -0.136. The molecule has 0 aliphatic rings. The van der Waals surface area contributed by atoms with Crippen LogP contribution in [0.3, 0.4) is 0 Å². The van der Waals surface area contributed by atoms with Crippen LogP contribution in [0.2, 0.25) is 5.02 Å². The lowest BCUT2D eigenvalue weighted by atomic mass is 10.0. The van der Waals surface area contributed by atoms with Crippen molar-refractivity contribution in [1.82, 2.24) is 5.32 Å². The molecule has 1 aromatic heterocycles. The highest BCUT2D eigenvalue weighted by Crippen LogP contribution is 2.32. The van der Waals surface area contributed by atoms with Gasteiger partial charge in [-0.05, 0) is 52.2 Å². The number of nitrogens with one attached hydrogen (secondary N) is 1. The Kier molecular flexibility index (Phi) is 7.30. The number of carbonyl (C=O) groups excluding carboxylic acids is 2. The molecule has 0 bridgehead atoms. The number of halogens is 1. The second-order valence-corrected chi connectivity index (χ2v) is 8.17. The molecule has 1 heterocycles. The van der Waals surface area contributed by atoms with Gasteiger partial charge in [0.05, 0.1) is 5.02 Å². The molecule has 7 nitrogen and oxygen atoms in total. The first-order valence-electron chi connectivity index (χ1n) is 9.47. The largest absolute Gasteiger partial charge is 0.444 e. The third-order valence-corrected chi connectivity index (χ3v) is 4.28. The number of ether oxygens (including phenoxy) is 2. The van der Waals surface area contributed by atoms with Crippen LogP contribution < -0.4 is 15.7 Å². The van der Waals surface area contributed by atoms with Crippen LogP contribution in [0.25, 0.3) is 11.0 Å². The molecule has 1 unspecified atom stereocenters. The average molecular weight is 424 g/mol. The van der Waals surface area contributed by atoms with E-state index in [1.54, 1.807) is 26.8 Å². The van der Waals surface area contributed by atoms with E-state index in [0.29, 0.717) is 11.8 Å². The number of rotatable bonds is 6. The van der Waals surface area contributed by atoms with E-state index >= 15 is 0 Å². The number of fused-ring (bicyclic) bond motifs is 1. The van der Waals surface area contributed by atoms with E-state index in [2.05, 4.69) is 12.2 Å². The molecule has 0 saturated heterocycles. The van der Waals surface area contributed by atoms with E-state index in [-0.39, 0.29) is 16.4 Å². The molecule has 0 aliphatic heterocycles. The number of aryl methyl sites for hydroxylation is 1. The number of unbranched alkanes of at least 4 members (excludes halogenated alkanes) is 1. The summed E-state index contributed by atoms with van der Waals surface area (Å²) < 4.78 is 15.7. The van der Waals surface area contributed by atoms with Gasteiger partial charge in [0, 0.05) is 17.5 Å². The van der Waals surface area contributed by atoms with Crippen LogP contribution in [0, 0.1) is 0 Å². The molecule has 0 saturated carbocycles. The Bertz CT molecular complexity index is 960. The lowest BCUT2D eigenvalue weighted by Gasteiger charge is -2.21. The zero-order valence-electron chi connectivity index (χ0n) is 17.3. The summed E-state index contributed by atoms with van der Waals surface area (Å²) in [6, 6.07) is 3.50. The minimum absolute atomic E-state index is 0.0396. The standard InChI is InChI=1S/C21H26ClNO6/c1-6-7-8-13-9-18(24)27-16-11-17(15(22)10-14(13)16)28-19(25)12(2)23-20(26)29-21(3,4)5/h9-12H,6-8H2,1-5H3,(H,23,26). The average Bonchev–Trinajstić information content (AvgIpc) is 2.59.